The Kier molecular flexibility index (Phi) is 21.0. The molecule has 1 aliphatic rings. The maximum Gasteiger partial charge on any atom is 0.320 e. The Hall–Kier alpha value is -3.30. The predicted octanol–water partition coefficient (Wildman–Crippen LogP) is -0.249. The first-order valence-electron chi connectivity index (χ1n) is 12.5. The number of aliphatic carboxylic acids is 4. The smallest absolute Gasteiger partial charge is 0.320 e. The van der Waals surface area contributed by atoms with Gasteiger partial charge in [-0.3, -0.25) is 19.2 Å². The molecule has 4 unspecified atom stereocenters. The lowest BCUT2D eigenvalue weighted by Gasteiger charge is -2.07. The van der Waals surface area contributed by atoms with Crippen LogP contribution in [0.25, 0.3) is 0 Å². The standard InChI is InChI=1S/C9H11NO3.C6H13NO2.C5H12N2O2.C5H9NO2/c10-8(9(12)13)5-6-1-3-7(11)4-2-6;1-4(2)3-5(7)6(8)9;6-3-1-2-4(7)5(8)9;7-5(8)4-2-1-3-6-4/h1-4,8,11H,5,10H2,(H,12,13);4-5H,3,7H2,1-2H3,(H,8,9);4H,1-3,6-7H2,(H,8,9);4,6H,1-3H2,(H,7,8). The second-order valence-electron chi connectivity index (χ2n) is 9.25. The van der Waals surface area contributed by atoms with Gasteiger partial charge in [0.25, 0.3) is 0 Å². The zero-order chi connectivity index (χ0) is 30.5. The van der Waals surface area contributed by atoms with Gasteiger partial charge in [0.1, 0.15) is 29.9 Å². The number of rotatable bonds is 11. The van der Waals surface area contributed by atoms with Gasteiger partial charge in [0.05, 0.1) is 0 Å². The van der Waals surface area contributed by atoms with Gasteiger partial charge >= 0.3 is 23.9 Å². The minimum Gasteiger partial charge on any atom is -0.508 e. The highest BCUT2D eigenvalue weighted by atomic mass is 16.4. The van der Waals surface area contributed by atoms with Crippen molar-refractivity contribution in [3.63, 3.8) is 0 Å². The summed E-state index contributed by atoms with van der Waals surface area (Å²) in [5.41, 5.74) is 21.6. The van der Waals surface area contributed by atoms with Gasteiger partial charge in [-0.05, 0) is 75.2 Å². The first kappa shape index (κ1) is 37.9. The molecule has 14 heteroatoms. The quantitative estimate of drug-likeness (QED) is 0.167. The fourth-order valence-electron chi connectivity index (χ4n) is 2.94. The first-order valence-corrected chi connectivity index (χ1v) is 12.5. The lowest BCUT2D eigenvalue weighted by Crippen LogP contribution is -2.32. The Morgan fingerprint density at radius 1 is 0.897 bits per heavy atom. The maximum atomic E-state index is 10.4. The van der Waals surface area contributed by atoms with E-state index in [0.29, 0.717) is 31.7 Å². The van der Waals surface area contributed by atoms with E-state index in [1.165, 1.54) is 12.1 Å². The monoisotopic (exact) mass is 559 g/mol. The molecule has 1 saturated heterocycles. The molecule has 14 nitrogen and oxygen atoms in total. The summed E-state index contributed by atoms with van der Waals surface area (Å²) in [4.78, 5) is 40.7. The van der Waals surface area contributed by atoms with Crippen LogP contribution in [0.3, 0.4) is 0 Å². The van der Waals surface area contributed by atoms with E-state index in [0.717, 1.165) is 24.9 Å². The van der Waals surface area contributed by atoms with E-state index in [-0.39, 0.29) is 18.2 Å². The number of nitrogens with one attached hydrogen (secondary N) is 1. The Morgan fingerprint density at radius 2 is 1.41 bits per heavy atom. The van der Waals surface area contributed by atoms with Crippen molar-refractivity contribution >= 4 is 23.9 Å². The van der Waals surface area contributed by atoms with Gasteiger partial charge in [-0.1, -0.05) is 26.0 Å². The zero-order valence-electron chi connectivity index (χ0n) is 22.5. The molecule has 1 aromatic carbocycles. The van der Waals surface area contributed by atoms with E-state index in [2.05, 4.69) is 5.32 Å². The molecule has 39 heavy (non-hydrogen) atoms. The number of hydrogen-bond acceptors (Lipinski definition) is 10. The summed E-state index contributed by atoms with van der Waals surface area (Å²) in [5.74, 6) is -3.09. The van der Waals surface area contributed by atoms with Gasteiger partial charge in [-0.15, -0.1) is 0 Å². The lowest BCUT2D eigenvalue weighted by atomic mass is 10.1. The number of phenolic OH excluding ortho intramolecular Hbond substituents is 1. The van der Waals surface area contributed by atoms with Crippen LogP contribution in [0, 0.1) is 5.92 Å². The summed E-state index contributed by atoms with van der Waals surface area (Å²) in [5, 5.41) is 45.2. The molecule has 0 spiro atoms. The number of carboxylic acid groups (broad SMARTS) is 4. The predicted molar refractivity (Wildman–Crippen MR) is 145 cm³/mol. The van der Waals surface area contributed by atoms with Gasteiger partial charge in [-0.25, -0.2) is 0 Å². The number of phenols is 1. The fourth-order valence-corrected chi connectivity index (χ4v) is 2.94. The molecule has 0 aromatic heterocycles. The molecule has 1 aromatic rings. The lowest BCUT2D eigenvalue weighted by molar-refractivity contribution is -0.139. The van der Waals surface area contributed by atoms with Crippen molar-refractivity contribution in [2.75, 3.05) is 13.1 Å². The molecule has 1 fully saturated rings. The molecule has 1 aliphatic heterocycles. The third-order valence-corrected chi connectivity index (χ3v) is 5.15. The molecular weight excluding hydrogens is 514 g/mol. The van der Waals surface area contributed by atoms with E-state index in [1.807, 2.05) is 13.8 Å². The third-order valence-electron chi connectivity index (χ3n) is 5.15. The zero-order valence-corrected chi connectivity index (χ0v) is 22.5. The van der Waals surface area contributed by atoms with Crippen molar-refractivity contribution in [2.45, 2.75) is 76.5 Å². The molecule has 0 amide bonds. The number of carbonyl (C=O) groups is 4. The van der Waals surface area contributed by atoms with Crippen LogP contribution >= 0.6 is 0 Å². The summed E-state index contributed by atoms with van der Waals surface area (Å²) in [6.07, 6.45) is 3.75. The second kappa shape index (κ2) is 21.6. The van der Waals surface area contributed by atoms with E-state index < -0.39 is 42.0 Å². The van der Waals surface area contributed by atoms with Crippen LogP contribution < -0.4 is 28.3 Å². The molecular formula is C25H45N5O9. The number of carboxylic acids is 4. The SMILES string of the molecule is CC(C)CC(N)C(=O)O.NC(Cc1ccc(O)cc1)C(=O)O.NCCCC(N)C(=O)O.O=C(O)C1CCCN1. The molecule has 14 N–H and O–H groups in total. The summed E-state index contributed by atoms with van der Waals surface area (Å²) in [7, 11) is 0. The van der Waals surface area contributed by atoms with Crippen molar-refractivity contribution in [2.24, 2.45) is 28.9 Å². The highest BCUT2D eigenvalue weighted by molar-refractivity contribution is 5.74. The molecule has 224 valence electrons. The Balaban J connectivity index is 0. The Morgan fingerprint density at radius 3 is 1.72 bits per heavy atom. The largest absolute Gasteiger partial charge is 0.508 e. The van der Waals surface area contributed by atoms with E-state index in [9.17, 15) is 19.2 Å². The van der Waals surface area contributed by atoms with E-state index in [4.69, 9.17) is 48.5 Å². The molecule has 0 saturated carbocycles. The number of hydrogen-bond donors (Lipinski definition) is 10. The molecule has 1 heterocycles. The minimum absolute atomic E-state index is 0.160. The van der Waals surface area contributed by atoms with Crippen molar-refractivity contribution in [3.05, 3.63) is 29.8 Å². The Bertz CT molecular complexity index is 847. The third kappa shape index (κ3) is 21.3. The number of nitrogens with two attached hydrogens (primary N) is 4. The molecule has 2 rings (SSSR count). The summed E-state index contributed by atoms with van der Waals surface area (Å²) in [6, 6.07) is 3.72. The highest BCUT2D eigenvalue weighted by Gasteiger charge is 2.20. The van der Waals surface area contributed by atoms with Gasteiger partial charge in [0, 0.05) is 0 Å². The van der Waals surface area contributed by atoms with Gasteiger partial charge in [0.15, 0.2) is 0 Å². The minimum atomic E-state index is -1.02. The van der Waals surface area contributed by atoms with Crippen molar-refractivity contribution < 1.29 is 44.7 Å². The second-order valence-corrected chi connectivity index (χ2v) is 9.25. The van der Waals surface area contributed by atoms with E-state index in [1.54, 1.807) is 12.1 Å². The van der Waals surface area contributed by atoms with Crippen LogP contribution in [0.4, 0.5) is 0 Å². The van der Waals surface area contributed by atoms with Crippen molar-refractivity contribution in [1.82, 2.24) is 5.32 Å². The topological polar surface area (TPSA) is 286 Å². The van der Waals surface area contributed by atoms with Crippen LogP contribution in [0.15, 0.2) is 24.3 Å². The van der Waals surface area contributed by atoms with Crippen molar-refractivity contribution in [3.8, 4) is 5.75 Å². The molecule has 4 atom stereocenters. The fraction of sp³-hybridized carbons (Fsp3) is 0.600. The normalized spacial score (nSPS) is 16.1. The van der Waals surface area contributed by atoms with E-state index >= 15 is 0 Å². The maximum absolute atomic E-state index is 10.4. The molecule has 0 bridgehead atoms. The summed E-state index contributed by atoms with van der Waals surface area (Å²) >= 11 is 0. The van der Waals surface area contributed by atoms with Gasteiger partial charge < -0.3 is 53.8 Å². The van der Waals surface area contributed by atoms with Crippen LogP contribution in [-0.2, 0) is 25.6 Å². The number of aromatic hydroxyl groups is 1. The Labute approximate surface area is 228 Å². The summed E-state index contributed by atoms with van der Waals surface area (Å²) < 4.78 is 0. The average molecular weight is 560 g/mol. The molecule has 0 radical (unpaired) electrons. The molecule has 0 aliphatic carbocycles. The van der Waals surface area contributed by atoms with Gasteiger partial charge in [0.2, 0.25) is 0 Å². The van der Waals surface area contributed by atoms with Crippen LogP contribution in [0.5, 0.6) is 5.75 Å². The summed E-state index contributed by atoms with van der Waals surface area (Å²) in [6.45, 7) is 5.25. The van der Waals surface area contributed by atoms with Crippen LogP contribution in [-0.4, -0.2) is 86.7 Å². The van der Waals surface area contributed by atoms with Crippen LogP contribution in [0.2, 0.25) is 0 Å². The highest BCUT2D eigenvalue weighted by Crippen LogP contribution is 2.10. The average Bonchev–Trinajstić information content (AvgIpc) is 3.40. The first-order chi connectivity index (χ1) is 18.1. The van der Waals surface area contributed by atoms with Crippen molar-refractivity contribution in [1.29, 1.82) is 0 Å². The van der Waals surface area contributed by atoms with Crippen LogP contribution in [0.1, 0.15) is 51.5 Å². The van der Waals surface area contributed by atoms with Gasteiger partial charge in [-0.2, -0.15) is 0 Å². The number of benzene rings is 1.